The summed E-state index contributed by atoms with van der Waals surface area (Å²) in [7, 11) is 0. The summed E-state index contributed by atoms with van der Waals surface area (Å²) in [6.07, 6.45) is 3.65. The number of thiazole rings is 1. The number of carbonyl (C=O) groups is 2. The topological polar surface area (TPSA) is 80.3 Å². The predicted molar refractivity (Wildman–Crippen MR) is 127 cm³/mol. The van der Waals surface area contributed by atoms with Crippen LogP contribution in [-0.2, 0) is 14.9 Å². The van der Waals surface area contributed by atoms with Gasteiger partial charge in [-0.05, 0) is 55.7 Å². The van der Waals surface area contributed by atoms with Crippen LogP contribution in [0.1, 0.15) is 48.5 Å². The molecule has 0 unspecified atom stereocenters. The number of hydrogen-bond donors (Lipinski definition) is 2. The number of thiocarbonyl (C=S) groups is 1. The molecule has 0 aliphatic heterocycles. The van der Waals surface area contributed by atoms with Gasteiger partial charge in [-0.15, -0.1) is 0 Å². The summed E-state index contributed by atoms with van der Waals surface area (Å²) in [6, 6.07) is 15.1. The van der Waals surface area contributed by atoms with Crippen molar-refractivity contribution in [1.29, 1.82) is 0 Å². The largest absolute Gasteiger partial charge is 0.462 e. The summed E-state index contributed by atoms with van der Waals surface area (Å²) in [6.45, 7) is 2.10. The van der Waals surface area contributed by atoms with Crippen LogP contribution in [0.3, 0.4) is 0 Å². The molecule has 1 saturated carbocycles. The Balaban J connectivity index is 1.47. The number of rotatable bonds is 5. The fourth-order valence-corrected chi connectivity index (χ4v) is 5.22. The van der Waals surface area contributed by atoms with Crippen LogP contribution in [0.4, 0.5) is 5.13 Å². The van der Waals surface area contributed by atoms with E-state index in [9.17, 15) is 9.59 Å². The minimum atomic E-state index is -0.546. The Morgan fingerprint density at radius 2 is 1.90 bits per heavy atom. The summed E-state index contributed by atoms with van der Waals surface area (Å²) in [5.41, 5.74) is 1.70. The van der Waals surface area contributed by atoms with Gasteiger partial charge in [0.25, 0.3) is 0 Å². The van der Waals surface area contributed by atoms with Crippen molar-refractivity contribution in [3.05, 3.63) is 59.7 Å². The van der Waals surface area contributed by atoms with Gasteiger partial charge in [-0.25, -0.2) is 9.78 Å². The predicted octanol–water partition coefficient (Wildman–Crippen LogP) is 4.80. The first-order chi connectivity index (χ1) is 15.0. The molecule has 2 N–H and O–H groups in total. The van der Waals surface area contributed by atoms with E-state index in [0.29, 0.717) is 17.3 Å². The highest BCUT2D eigenvalue weighted by atomic mass is 32.1. The summed E-state index contributed by atoms with van der Waals surface area (Å²) < 4.78 is 5.88. The van der Waals surface area contributed by atoms with Crippen LogP contribution in [0, 0.1) is 0 Å². The van der Waals surface area contributed by atoms with E-state index in [1.54, 1.807) is 25.1 Å². The lowest BCUT2D eigenvalue weighted by molar-refractivity contribution is -0.125. The molecule has 6 nitrogen and oxygen atoms in total. The first-order valence-corrected chi connectivity index (χ1v) is 11.5. The number of nitrogens with one attached hydrogen (secondary N) is 2. The third-order valence-electron chi connectivity index (χ3n) is 5.57. The highest BCUT2D eigenvalue weighted by Crippen LogP contribution is 2.41. The second-order valence-corrected chi connectivity index (χ2v) is 8.92. The number of aromatic nitrogens is 1. The molecular weight excluding hydrogens is 430 g/mol. The fraction of sp³-hybridized carbons (Fsp3) is 0.304. The number of fused-ring (bicyclic) bond motifs is 1. The molecule has 1 aromatic heterocycles. The van der Waals surface area contributed by atoms with E-state index in [1.165, 1.54) is 11.3 Å². The van der Waals surface area contributed by atoms with Crippen LogP contribution < -0.4 is 10.6 Å². The van der Waals surface area contributed by atoms with Crippen molar-refractivity contribution >= 4 is 55.9 Å². The van der Waals surface area contributed by atoms with Crippen LogP contribution in [0.25, 0.3) is 10.2 Å². The Morgan fingerprint density at radius 3 is 2.61 bits per heavy atom. The maximum Gasteiger partial charge on any atom is 0.338 e. The minimum absolute atomic E-state index is 0.0839. The highest BCUT2D eigenvalue weighted by molar-refractivity contribution is 7.80. The van der Waals surface area contributed by atoms with E-state index < -0.39 is 5.41 Å². The number of hydrogen-bond acceptors (Lipinski definition) is 6. The molecule has 1 aliphatic carbocycles. The minimum Gasteiger partial charge on any atom is -0.462 e. The monoisotopic (exact) mass is 453 g/mol. The van der Waals surface area contributed by atoms with Gasteiger partial charge in [-0.3, -0.25) is 4.79 Å². The number of esters is 1. The summed E-state index contributed by atoms with van der Waals surface area (Å²) in [5.74, 6) is -0.447. The first kappa shape index (κ1) is 21.4. The summed E-state index contributed by atoms with van der Waals surface area (Å²) in [4.78, 5) is 29.7. The van der Waals surface area contributed by atoms with E-state index in [-0.39, 0.29) is 17.0 Å². The molecule has 160 valence electrons. The van der Waals surface area contributed by atoms with Gasteiger partial charge in [0.05, 0.1) is 27.8 Å². The van der Waals surface area contributed by atoms with Crippen LogP contribution in [0.15, 0.2) is 48.5 Å². The number of anilines is 1. The molecule has 1 amide bonds. The van der Waals surface area contributed by atoms with Crippen LogP contribution in [-0.4, -0.2) is 28.6 Å². The van der Waals surface area contributed by atoms with Gasteiger partial charge in [-0.2, -0.15) is 0 Å². The molecule has 31 heavy (non-hydrogen) atoms. The van der Waals surface area contributed by atoms with Crippen molar-refractivity contribution in [1.82, 2.24) is 10.3 Å². The Labute approximate surface area is 190 Å². The van der Waals surface area contributed by atoms with Crippen molar-refractivity contribution in [2.45, 2.75) is 38.0 Å². The van der Waals surface area contributed by atoms with Crippen molar-refractivity contribution in [3.63, 3.8) is 0 Å². The second kappa shape index (κ2) is 9.11. The van der Waals surface area contributed by atoms with Gasteiger partial charge < -0.3 is 15.4 Å². The molecule has 1 aliphatic rings. The molecule has 4 rings (SSSR count). The van der Waals surface area contributed by atoms with Gasteiger partial charge in [0, 0.05) is 0 Å². The fourth-order valence-electron chi connectivity index (χ4n) is 4.05. The van der Waals surface area contributed by atoms with E-state index in [2.05, 4.69) is 15.6 Å². The normalized spacial score (nSPS) is 14.9. The van der Waals surface area contributed by atoms with E-state index >= 15 is 0 Å². The lowest BCUT2D eigenvalue weighted by atomic mass is 9.78. The van der Waals surface area contributed by atoms with Crippen LogP contribution >= 0.6 is 23.6 Å². The quantitative estimate of drug-likeness (QED) is 0.427. The zero-order chi connectivity index (χ0) is 21.8. The number of carbonyl (C=O) groups excluding carboxylic acids is 2. The molecule has 0 radical (unpaired) electrons. The second-order valence-electron chi connectivity index (χ2n) is 7.49. The van der Waals surface area contributed by atoms with Gasteiger partial charge in [0.1, 0.15) is 0 Å². The van der Waals surface area contributed by atoms with Crippen molar-refractivity contribution in [2.75, 3.05) is 11.9 Å². The Hall–Kier alpha value is -2.84. The average Bonchev–Trinajstić information content (AvgIpc) is 3.41. The van der Waals surface area contributed by atoms with E-state index in [1.807, 2.05) is 30.3 Å². The van der Waals surface area contributed by atoms with Gasteiger partial charge in [0.15, 0.2) is 10.2 Å². The maximum atomic E-state index is 13.2. The Kier molecular flexibility index (Phi) is 6.29. The molecular formula is C23H23N3O3S2. The van der Waals surface area contributed by atoms with Gasteiger partial charge in [0.2, 0.25) is 5.91 Å². The number of ether oxygens (including phenoxy) is 1. The lowest BCUT2D eigenvalue weighted by Crippen LogP contribution is -2.46. The number of nitrogens with zero attached hydrogens (tertiary/aromatic N) is 1. The molecule has 3 aromatic rings. The SMILES string of the molecule is CCOC(=O)c1ccc2nc(NC(=S)NC(=O)C3(c4ccccc4)CCCC3)sc2c1. The van der Waals surface area contributed by atoms with Gasteiger partial charge >= 0.3 is 5.97 Å². The molecule has 8 heteroatoms. The third-order valence-corrected chi connectivity index (χ3v) is 6.70. The average molecular weight is 454 g/mol. The smallest absolute Gasteiger partial charge is 0.338 e. The molecule has 1 heterocycles. The Morgan fingerprint density at radius 1 is 1.16 bits per heavy atom. The zero-order valence-corrected chi connectivity index (χ0v) is 18.8. The number of benzene rings is 2. The first-order valence-electron chi connectivity index (χ1n) is 10.3. The summed E-state index contributed by atoms with van der Waals surface area (Å²) in [5, 5.41) is 6.67. The van der Waals surface area contributed by atoms with Crippen LogP contribution in [0.2, 0.25) is 0 Å². The molecule has 0 atom stereocenters. The zero-order valence-electron chi connectivity index (χ0n) is 17.1. The standard InChI is InChI=1S/C23H23N3O3S2/c1-2-29-19(27)15-10-11-17-18(14-15)31-22(24-17)26-21(30)25-20(28)23(12-6-7-13-23)16-8-4-3-5-9-16/h3-5,8-11,14H,2,6-7,12-13H2,1H3,(H2,24,25,26,28,30). The third kappa shape index (κ3) is 4.45. The van der Waals surface area contributed by atoms with E-state index in [0.717, 1.165) is 41.5 Å². The van der Waals surface area contributed by atoms with Crippen molar-refractivity contribution < 1.29 is 14.3 Å². The highest BCUT2D eigenvalue weighted by Gasteiger charge is 2.42. The molecule has 2 aromatic carbocycles. The maximum absolute atomic E-state index is 13.2. The van der Waals surface area contributed by atoms with Crippen molar-refractivity contribution in [3.8, 4) is 0 Å². The van der Waals surface area contributed by atoms with Crippen LogP contribution in [0.5, 0.6) is 0 Å². The van der Waals surface area contributed by atoms with Gasteiger partial charge in [-0.1, -0.05) is 54.5 Å². The summed E-state index contributed by atoms with van der Waals surface area (Å²) >= 11 is 6.76. The lowest BCUT2D eigenvalue weighted by Gasteiger charge is -2.28. The van der Waals surface area contributed by atoms with Crippen molar-refractivity contribution in [2.24, 2.45) is 0 Å². The molecule has 0 spiro atoms. The molecule has 0 bridgehead atoms. The van der Waals surface area contributed by atoms with E-state index in [4.69, 9.17) is 17.0 Å². The molecule has 1 fully saturated rings. The Bertz CT molecular complexity index is 1120. The number of amides is 1. The molecule has 0 saturated heterocycles.